The fourth-order valence-electron chi connectivity index (χ4n) is 2.28. The number of aryl methyl sites for hydroxylation is 2. The molecule has 0 saturated carbocycles. The summed E-state index contributed by atoms with van der Waals surface area (Å²) in [5.41, 5.74) is 2.43. The Labute approximate surface area is 144 Å². The largest absolute Gasteiger partial charge is 0.489 e. The van der Waals surface area contributed by atoms with Crippen LogP contribution in [0.25, 0.3) is 0 Å². The Morgan fingerprint density at radius 2 is 1.96 bits per heavy atom. The highest BCUT2D eigenvalue weighted by atomic mass is 19.1. The molecule has 0 radical (unpaired) electrons. The molecule has 1 aromatic heterocycles. The van der Waals surface area contributed by atoms with Gasteiger partial charge in [0.1, 0.15) is 23.9 Å². The highest BCUT2D eigenvalue weighted by Gasteiger charge is 2.20. The fourth-order valence-corrected chi connectivity index (χ4v) is 2.28. The van der Waals surface area contributed by atoms with Gasteiger partial charge in [0.05, 0.1) is 5.56 Å². The Morgan fingerprint density at radius 3 is 2.68 bits per heavy atom. The minimum absolute atomic E-state index is 0.0510. The van der Waals surface area contributed by atoms with Gasteiger partial charge in [-0.3, -0.25) is 4.79 Å². The van der Waals surface area contributed by atoms with Crippen molar-refractivity contribution in [2.75, 3.05) is 5.32 Å². The molecule has 0 saturated heterocycles. The molecule has 0 aliphatic heterocycles. The lowest BCUT2D eigenvalue weighted by atomic mass is 10.2. The molecule has 3 rings (SSSR count). The average molecular weight is 340 g/mol. The van der Waals surface area contributed by atoms with Crippen LogP contribution in [0.15, 0.2) is 53.1 Å². The minimum atomic E-state index is -0.392. The number of ether oxygens (including phenoxy) is 1. The maximum Gasteiger partial charge on any atom is 0.278 e. The standard InChI is InChI=1S/C19H17FN2O3/c1-12-6-8-15(9-7-12)21-19(23)18-17(13(2)25-22-18)11-24-16-5-3-4-14(20)10-16/h3-10H,11H2,1-2H3,(H,21,23). The second-order valence-electron chi connectivity index (χ2n) is 5.63. The van der Waals surface area contributed by atoms with Gasteiger partial charge in [-0.05, 0) is 38.1 Å². The number of carbonyl (C=O) groups is 1. The molecule has 0 aliphatic rings. The first-order valence-corrected chi connectivity index (χ1v) is 7.74. The number of hydrogen-bond acceptors (Lipinski definition) is 4. The lowest BCUT2D eigenvalue weighted by Crippen LogP contribution is -2.15. The maximum absolute atomic E-state index is 13.2. The third-order valence-electron chi connectivity index (χ3n) is 3.69. The van der Waals surface area contributed by atoms with Crippen LogP contribution in [-0.2, 0) is 6.61 Å². The van der Waals surface area contributed by atoms with Gasteiger partial charge in [-0.1, -0.05) is 28.9 Å². The quantitative estimate of drug-likeness (QED) is 0.754. The normalized spacial score (nSPS) is 10.5. The second kappa shape index (κ2) is 7.17. The van der Waals surface area contributed by atoms with Gasteiger partial charge >= 0.3 is 0 Å². The van der Waals surface area contributed by atoms with E-state index < -0.39 is 11.7 Å². The van der Waals surface area contributed by atoms with E-state index in [1.165, 1.54) is 12.1 Å². The van der Waals surface area contributed by atoms with E-state index in [1.54, 1.807) is 19.1 Å². The number of benzene rings is 2. The molecule has 3 aromatic rings. The number of carbonyl (C=O) groups excluding carboxylic acids is 1. The molecule has 0 unspecified atom stereocenters. The monoisotopic (exact) mass is 340 g/mol. The molecular weight excluding hydrogens is 323 g/mol. The van der Waals surface area contributed by atoms with Crippen LogP contribution < -0.4 is 10.1 Å². The number of nitrogens with zero attached hydrogens (tertiary/aromatic N) is 1. The predicted molar refractivity (Wildman–Crippen MR) is 91.1 cm³/mol. The first-order chi connectivity index (χ1) is 12.0. The van der Waals surface area contributed by atoms with Crippen molar-refractivity contribution in [2.24, 2.45) is 0 Å². The molecular formula is C19H17FN2O3. The van der Waals surface area contributed by atoms with E-state index in [0.29, 0.717) is 22.8 Å². The van der Waals surface area contributed by atoms with Crippen molar-refractivity contribution >= 4 is 11.6 Å². The minimum Gasteiger partial charge on any atom is -0.489 e. The summed E-state index contributed by atoms with van der Waals surface area (Å²) in [7, 11) is 0. The van der Waals surface area contributed by atoms with Gasteiger partial charge in [0.25, 0.3) is 5.91 Å². The summed E-state index contributed by atoms with van der Waals surface area (Å²) in [6.45, 7) is 3.71. The Morgan fingerprint density at radius 1 is 1.20 bits per heavy atom. The fraction of sp³-hybridized carbons (Fsp3) is 0.158. The first-order valence-electron chi connectivity index (χ1n) is 7.74. The van der Waals surface area contributed by atoms with Crippen LogP contribution in [0.2, 0.25) is 0 Å². The Balaban J connectivity index is 1.74. The van der Waals surface area contributed by atoms with Gasteiger partial charge in [0.15, 0.2) is 5.69 Å². The third kappa shape index (κ3) is 4.03. The number of amides is 1. The highest BCUT2D eigenvalue weighted by Crippen LogP contribution is 2.20. The maximum atomic E-state index is 13.2. The van der Waals surface area contributed by atoms with Crippen molar-refractivity contribution < 1.29 is 18.4 Å². The van der Waals surface area contributed by atoms with E-state index in [9.17, 15) is 9.18 Å². The van der Waals surface area contributed by atoms with Gasteiger partial charge in [-0.25, -0.2) is 4.39 Å². The van der Waals surface area contributed by atoms with E-state index in [2.05, 4.69) is 10.5 Å². The summed E-state index contributed by atoms with van der Waals surface area (Å²) in [4.78, 5) is 12.4. The summed E-state index contributed by atoms with van der Waals surface area (Å²) in [5.74, 6) is 0.0615. The van der Waals surface area contributed by atoms with Crippen LogP contribution in [0.1, 0.15) is 27.4 Å². The van der Waals surface area contributed by atoms with Crippen LogP contribution >= 0.6 is 0 Å². The molecule has 1 amide bonds. The number of nitrogens with one attached hydrogen (secondary N) is 1. The molecule has 0 aliphatic carbocycles. The molecule has 0 fully saturated rings. The lowest BCUT2D eigenvalue weighted by Gasteiger charge is -2.07. The van der Waals surface area contributed by atoms with Crippen molar-refractivity contribution in [3.8, 4) is 5.75 Å². The number of rotatable bonds is 5. The van der Waals surface area contributed by atoms with Crippen LogP contribution in [0.4, 0.5) is 10.1 Å². The van der Waals surface area contributed by atoms with Crippen LogP contribution in [0.3, 0.4) is 0 Å². The molecule has 2 aromatic carbocycles. The summed E-state index contributed by atoms with van der Waals surface area (Å²) in [5, 5.41) is 6.59. The van der Waals surface area contributed by atoms with Crippen molar-refractivity contribution in [3.63, 3.8) is 0 Å². The lowest BCUT2D eigenvalue weighted by molar-refractivity contribution is 0.101. The summed E-state index contributed by atoms with van der Waals surface area (Å²) >= 11 is 0. The zero-order valence-electron chi connectivity index (χ0n) is 13.9. The number of anilines is 1. The van der Waals surface area contributed by atoms with Crippen LogP contribution in [0.5, 0.6) is 5.75 Å². The average Bonchev–Trinajstić information content (AvgIpc) is 2.96. The van der Waals surface area contributed by atoms with E-state index in [1.807, 2.05) is 31.2 Å². The molecule has 25 heavy (non-hydrogen) atoms. The molecule has 6 heteroatoms. The van der Waals surface area contributed by atoms with E-state index in [4.69, 9.17) is 9.26 Å². The van der Waals surface area contributed by atoms with Crippen LogP contribution in [-0.4, -0.2) is 11.1 Å². The Bertz CT molecular complexity index is 888. The van der Waals surface area contributed by atoms with Crippen molar-refractivity contribution in [3.05, 3.63) is 76.9 Å². The molecule has 128 valence electrons. The van der Waals surface area contributed by atoms with Crippen molar-refractivity contribution in [2.45, 2.75) is 20.5 Å². The predicted octanol–water partition coefficient (Wildman–Crippen LogP) is 4.26. The summed E-state index contributed by atoms with van der Waals surface area (Å²) < 4.78 is 23.9. The zero-order valence-corrected chi connectivity index (χ0v) is 13.9. The molecule has 5 nitrogen and oxygen atoms in total. The van der Waals surface area contributed by atoms with Gasteiger partial charge in [0.2, 0.25) is 0 Å². The molecule has 1 N–H and O–H groups in total. The summed E-state index contributed by atoms with van der Waals surface area (Å²) in [6, 6.07) is 13.2. The second-order valence-corrected chi connectivity index (χ2v) is 5.63. The highest BCUT2D eigenvalue weighted by molar-refractivity contribution is 6.03. The number of aromatic nitrogens is 1. The molecule has 1 heterocycles. The van der Waals surface area contributed by atoms with E-state index >= 15 is 0 Å². The number of hydrogen-bond donors (Lipinski definition) is 1. The van der Waals surface area contributed by atoms with Crippen LogP contribution in [0, 0.1) is 19.7 Å². The number of halogens is 1. The molecule has 0 spiro atoms. The smallest absolute Gasteiger partial charge is 0.278 e. The van der Waals surface area contributed by atoms with Crippen molar-refractivity contribution in [1.29, 1.82) is 0 Å². The molecule has 0 atom stereocenters. The van der Waals surface area contributed by atoms with Gasteiger partial charge in [0, 0.05) is 11.8 Å². The SMILES string of the molecule is Cc1ccc(NC(=O)c2noc(C)c2COc2cccc(F)c2)cc1. The Kier molecular flexibility index (Phi) is 4.79. The van der Waals surface area contributed by atoms with Gasteiger partial charge < -0.3 is 14.6 Å². The summed E-state index contributed by atoms with van der Waals surface area (Å²) in [6.07, 6.45) is 0. The van der Waals surface area contributed by atoms with Crippen molar-refractivity contribution in [1.82, 2.24) is 5.16 Å². The topological polar surface area (TPSA) is 64.4 Å². The van der Waals surface area contributed by atoms with E-state index in [0.717, 1.165) is 5.56 Å². The zero-order chi connectivity index (χ0) is 17.8. The molecule has 0 bridgehead atoms. The Hall–Kier alpha value is -3.15. The first kappa shape index (κ1) is 16.7. The van der Waals surface area contributed by atoms with E-state index in [-0.39, 0.29) is 12.3 Å². The van der Waals surface area contributed by atoms with Gasteiger partial charge in [-0.15, -0.1) is 0 Å². The van der Waals surface area contributed by atoms with Gasteiger partial charge in [-0.2, -0.15) is 0 Å². The third-order valence-corrected chi connectivity index (χ3v) is 3.69.